The van der Waals surface area contributed by atoms with Gasteiger partial charge in [-0.1, -0.05) is 29.8 Å². The van der Waals surface area contributed by atoms with Gasteiger partial charge in [0.2, 0.25) is 0 Å². The first-order chi connectivity index (χ1) is 10.8. The number of para-hydroxylation sites is 1. The Morgan fingerprint density at radius 3 is 2.35 bits per heavy atom. The molecule has 0 unspecified atom stereocenters. The lowest BCUT2D eigenvalue weighted by molar-refractivity contribution is 0.626. The minimum Gasteiger partial charge on any atom is -0.364 e. The number of aryl methyl sites for hydroxylation is 1. The molecule has 0 aliphatic heterocycles. The molecular weight excluding hydrogens is 286 g/mol. The average Bonchev–Trinajstić information content (AvgIpc) is 2.49. The van der Waals surface area contributed by atoms with Gasteiger partial charge in [0.25, 0.3) is 5.56 Å². The number of benzene rings is 2. The van der Waals surface area contributed by atoms with Gasteiger partial charge in [-0.3, -0.25) is 4.79 Å². The molecule has 3 aromatic rings. The van der Waals surface area contributed by atoms with Gasteiger partial charge in [0.1, 0.15) is 0 Å². The van der Waals surface area contributed by atoms with E-state index in [0.29, 0.717) is 5.39 Å². The van der Waals surface area contributed by atoms with Crippen molar-refractivity contribution in [2.24, 2.45) is 0 Å². The molecule has 1 aromatic heterocycles. The van der Waals surface area contributed by atoms with Crippen LogP contribution in [0.2, 0.25) is 0 Å². The number of hydrogen-bond acceptors (Lipinski definition) is 3. The van der Waals surface area contributed by atoms with Gasteiger partial charge in [-0.15, -0.1) is 5.10 Å². The molecule has 3 rings (SSSR count). The smallest absolute Gasteiger partial charge is 0.279 e. The number of fused-ring (bicyclic) bond motifs is 1. The largest absolute Gasteiger partial charge is 0.364 e. The molecule has 4 heteroatoms. The third kappa shape index (κ3) is 3.11. The number of hydrogen-bond donors (Lipinski definition) is 1. The second kappa shape index (κ2) is 5.54. The number of anilines is 1. The second-order valence-corrected chi connectivity index (χ2v) is 6.83. The van der Waals surface area contributed by atoms with Crippen LogP contribution in [0.3, 0.4) is 0 Å². The molecule has 118 valence electrons. The van der Waals surface area contributed by atoms with E-state index in [2.05, 4.69) is 31.2 Å². The molecular formula is C19H21N3O. The zero-order valence-electron chi connectivity index (χ0n) is 13.9. The lowest BCUT2D eigenvalue weighted by Crippen LogP contribution is -2.30. The van der Waals surface area contributed by atoms with E-state index >= 15 is 0 Å². The molecule has 2 aromatic carbocycles. The molecule has 0 atom stereocenters. The van der Waals surface area contributed by atoms with E-state index in [9.17, 15) is 4.79 Å². The van der Waals surface area contributed by atoms with Crippen molar-refractivity contribution < 1.29 is 0 Å². The van der Waals surface area contributed by atoms with Crippen LogP contribution in [0.4, 0.5) is 5.82 Å². The number of aromatic nitrogens is 2. The molecule has 4 nitrogen and oxygen atoms in total. The predicted molar refractivity (Wildman–Crippen MR) is 95.5 cm³/mol. The lowest BCUT2D eigenvalue weighted by atomic mass is 10.1. The van der Waals surface area contributed by atoms with Gasteiger partial charge in [0.15, 0.2) is 5.82 Å². The normalized spacial score (nSPS) is 11.7. The standard InChI is InChI=1S/C19H21N3O/c1-13-10-11-15-16(12-13)17(20-19(2,3)4)21-22(18(15)23)14-8-6-5-7-9-14/h5-12H,1-4H3,(H,20,21). The molecule has 23 heavy (non-hydrogen) atoms. The molecule has 0 aliphatic rings. The van der Waals surface area contributed by atoms with Crippen LogP contribution < -0.4 is 10.9 Å². The third-order valence-corrected chi connectivity index (χ3v) is 3.55. The summed E-state index contributed by atoms with van der Waals surface area (Å²) < 4.78 is 1.46. The summed E-state index contributed by atoms with van der Waals surface area (Å²) in [6.07, 6.45) is 0. The van der Waals surface area contributed by atoms with Crippen molar-refractivity contribution in [1.82, 2.24) is 9.78 Å². The highest BCUT2D eigenvalue weighted by atomic mass is 16.1. The summed E-state index contributed by atoms with van der Waals surface area (Å²) in [7, 11) is 0. The number of nitrogens with zero attached hydrogens (tertiary/aromatic N) is 2. The number of rotatable bonds is 2. The van der Waals surface area contributed by atoms with Crippen LogP contribution >= 0.6 is 0 Å². The van der Waals surface area contributed by atoms with Crippen molar-refractivity contribution in [2.45, 2.75) is 33.2 Å². The van der Waals surface area contributed by atoms with E-state index < -0.39 is 0 Å². The molecule has 0 fully saturated rings. The zero-order valence-corrected chi connectivity index (χ0v) is 13.9. The molecule has 0 saturated carbocycles. The molecule has 1 heterocycles. The topological polar surface area (TPSA) is 46.9 Å². The van der Waals surface area contributed by atoms with E-state index in [4.69, 9.17) is 0 Å². The van der Waals surface area contributed by atoms with Crippen LogP contribution in [0.15, 0.2) is 53.3 Å². The first-order valence-electron chi connectivity index (χ1n) is 7.72. The van der Waals surface area contributed by atoms with Crippen molar-refractivity contribution >= 4 is 16.6 Å². The van der Waals surface area contributed by atoms with Crippen molar-refractivity contribution in [1.29, 1.82) is 0 Å². The Balaban J connectivity index is 2.33. The quantitative estimate of drug-likeness (QED) is 0.781. The van der Waals surface area contributed by atoms with E-state index in [1.807, 2.05) is 55.5 Å². The Kier molecular flexibility index (Phi) is 3.68. The molecule has 1 N–H and O–H groups in total. The van der Waals surface area contributed by atoms with E-state index in [-0.39, 0.29) is 11.1 Å². The highest BCUT2D eigenvalue weighted by molar-refractivity contribution is 5.92. The van der Waals surface area contributed by atoms with Gasteiger partial charge in [0, 0.05) is 10.9 Å². The minimum absolute atomic E-state index is 0.106. The zero-order chi connectivity index (χ0) is 16.6. The van der Waals surface area contributed by atoms with Crippen LogP contribution in [0.5, 0.6) is 0 Å². The minimum atomic E-state index is -0.150. The average molecular weight is 307 g/mol. The first-order valence-corrected chi connectivity index (χ1v) is 7.72. The molecule has 0 saturated heterocycles. The Morgan fingerprint density at radius 1 is 1.00 bits per heavy atom. The van der Waals surface area contributed by atoms with Gasteiger partial charge in [0.05, 0.1) is 11.1 Å². The molecule has 0 amide bonds. The van der Waals surface area contributed by atoms with E-state index in [1.54, 1.807) is 0 Å². The summed E-state index contributed by atoms with van der Waals surface area (Å²) in [5, 5.41) is 9.53. The summed E-state index contributed by atoms with van der Waals surface area (Å²) in [5.74, 6) is 0.722. The fraction of sp³-hybridized carbons (Fsp3) is 0.263. The predicted octanol–water partition coefficient (Wildman–Crippen LogP) is 3.90. The molecule has 0 aliphatic carbocycles. The maximum Gasteiger partial charge on any atom is 0.279 e. The molecule has 0 radical (unpaired) electrons. The van der Waals surface area contributed by atoms with E-state index in [0.717, 1.165) is 22.5 Å². The Morgan fingerprint density at radius 2 is 1.70 bits per heavy atom. The maximum atomic E-state index is 12.8. The van der Waals surface area contributed by atoms with Crippen molar-refractivity contribution in [3.63, 3.8) is 0 Å². The lowest BCUT2D eigenvalue weighted by Gasteiger charge is -2.23. The van der Waals surface area contributed by atoms with Gasteiger partial charge < -0.3 is 5.32 Å². The highest BCUT2D eigenvalue weighted by Gasteiger charge is 2.16. The van der Waals surface area contributed by atoms with Crippen molar-refractivity contribution in [2.75, 3.05) is 5.32 Å². The molecule has 0 bridgehead atoms. The van der Waals surface area contributed by atoms with Crippen LogP contribution in [-0.4, -0.2) is 15.3 Å². The summed E-state index contributed by atoms with van der Waals surface area (Å²) in [4.78, 5) is 12.8. The summed E-state index contributed by atoms with van der Waals surface area (Å²) >= 11 is 0. The van der Waals surface area contributed by atoms with Gasteiger partial charge >= 0.3 is 0 Å². The van der Waals surface area contributed by atoms with Crippen LogP contribution in [0.25, 0.3) is 16.5 Å². The maximum absolute atomic E-state index is 12.8. The summed E-state index contributed by atoms with van der Waals surface area (Å²) in [6, 6.07) is 15.3. The van der Waals surface area contributed by atoms with Crippen molar-refractivity contribution in [3.05, 3.63) is 64.4 Å². The first kappa shape index (κ1) is 15.3. The monoisotopic (exact) mass is 307 g/mol. The Hall–Kier alpha value is -2.62. The Labute approximate surface area is 135 Å². The van der Waals surface area contributed by atoms with Crippen LogP contribution in [0, 0.1) is 6.92 Å². The van der Waals surface area contributed by atoms with Gasteiger partial charge in [-0.25, -0.2) is 0 Å². The van der Waals surface area contributed by atoms with Crippen LogP contribution in [-0.2, 0) is 0 Å². The number of nitrogens with one attached hydrogen (secondary N) is 1. The van der Waals surface area contributed by atoms with Gasteiger partial charge in [-0.05, 0) is 52.0 Å². The SMILES string of the molecule is Cc1ccc2c(=O)n(-c3ccccc3)nc(NC(C)(C)C)c2c1. The Bertz CT molecular complexity index is 906. The fourth-order valence-electron chi connectivity index (χ4n) is 2.55. The second-order valence-electron chi connectivity index (χ2n) is 6.83. The van der Waals surface area contributed by atoms with Crippen molar-refractivity contribution in [3.8, 4) is 5.69 Å². The highest BCUT2D eigenvalue weighted by Crippen LogP contribution is 2.23. The summed E-state index contributed by atoms with van der Waals surface area (Å²) in [5.41, 5.74) is 1.61. The summed E-state index contributed by atoms with van der Waals surface area (Å²) in [6.45, 7) is 8.25. The molecule has 0 spiro atoms. The van der Waals surface area contributed by atoms with Gasteiger partial charge in [-0.2, -0.15) is 4.68 Å². The fourth-order valence-corrected chi connectivity index (χ4v) is 2.55. The van der Waals surface area contributed by atoms with E-state index in [1.165, 1.54) is 4.68 Å². The third-order valence-electron chi connectivity index (χ3n) is 3.55. The van der Waals surface area contributed by atoms with Crippen LogP contribution in [0.1, 0.15) is 26.3 Å².